The highest BCUT2D eigenvalue weighted by molar-refractivity contribution is 4.91. The van der Waals surface area contributed by atoms with Gasteiger partial charge in [0.25, 0.3) is 0 Å². The second-order valence-corrected chi connectivity index (χ2v) is 9.12. The molecule has 0 spiro atoms. The Hall–Kier alpha value is -0.0400. The van der Waals surface area contributed by atoms with Crippen LogP contribution in [-0.2, 0) is 0 Å². The first-order chi connectivity index (χ1) is 11.5. The lowest BCUT2D eigenvalue weighted by Crippen LogP contribution is -2.51. The molecule has 0 radical (unpaired) electrons. The van der Waals surface area contributed by atoms with Gasteiger partial charge in [-0.1, -0.05) is 91.9 Å². The molecule has 1 aliphatic rings. The monoisotopic (exact) mass is 337 g/mol. The third kappa shape index (κ3) is 7.46. The van der Waals surface area contributed by atoms with Gasteiger partial charge in [0, 0.05) is 5.54 Å². The summed E-state index contributed by atoms with van der Waals surface area (Å²) in [4.78, 5) is 2.89. The Bertz CT molecular complexity index is 303. The van der Waals surface area contributed by atoms with Crippen LogP contribution in [0.15, 0.2) is 0 Å². The molecule has 1 nitrogen and oxygen atoms in total. The van der Waals surface area contributed by atoms with Crippen LogP contribution in [0.2, 0.25) is 0 Å². The predicted molar refractivity (Wildman–Crippen MR) is 110 cm³/mol. The molecule has 144 valence electrons. The molecule has 0 aromatic rings. The lowest BCUT2D eigenvalue weighted by atomic mass is 9.76. The quantitative estimate of drug-likeness (QED) is 0.313. The fourth-order valence-corrected chi connectivity index (χ4v) is 4.42. The summed E-state index contributed by atoms with van der Waals surface area (Å²) in [7, 11) is 0. The summed E-state index contributed by atoms with van der Waals surface area (Å²) in [6.07, 6.45) is 19.7. The summed E-state index contributed by atoms with van der Waals surface area (Å²) < 4.78 is 0. The van der Waals surface area contributed by atoms with E-state index >= 15 is 0 Å². The van der Waals surface area contributed by atoms with E-state index in [1.807, 2.05) is 0 Å². The molecule has 0 amide bonds. The number of hydrogen-bond acceptors (Lipinski definition) is 1. The molecule has 1 unspecified atom stereocenters. The van der Waals surface area contributed by atoms with Crippen molar-refractivity contribution in [2.45, 2.75) is 130 Å². The molecule has 0 N–H and O–H groups in total. The molecular weight excluding hydrogens is 290 g/mol. The fraction of sp³-hybridized carbons (Fsp3) is 1.00. The van der Waals surface area contributed by atoms with Crippen molar-refractivity contribution < 1.29 is 0 Å². The van der Waals surface area contributed by atoms with E-state index in [0.717, 1.165) is 0 Å². The molecule has 0 aliphatic carbocycles. The van der Waals surface area contributed by atoms with E-state index in [4.69, 9.17) is 0 Å². The Balaban J connectivity index is 2.52. The molecule has 1 rings (SSSR count). The van der Waals surface area contributed by atoms with Crippen LogP contribution < -0.4 is 0 Å². The van der Waals surface area contributed by atoms with E-state index < -0.39 is 0 Å². The first kappa shape index (κ1) is 22.0. The minimum Gasteiger partial charge on any atom is -0.298 e. The molecule has 1 heterocycles. The number of likely N-dealkylation sites (tertiary alicyclic amines) is 1. The molecule has 1 saturated heterocycles. The van der Waals surface area contributed by atoms with Crippen molar-refractivity contribution in [2.75, 3.05) is 13.1 Å². The number of hydrogen-bond donors (Lipinski definition) is 0. The number of piperidine rings is 1. The SMILES string of the molecule is CCCCCCCC(C)(CCCCCC)N1CCC(C)(CC)CC1. The van der Waals surface area contributed by atoms with Crippen LogP contribution in [0.25, 0.3) is 0 Å². The zero-order valence-electron chi connectivity index (χ0n) is 17.8. The first-order valence-corrected chi connectivity index (χ1v) is 11.2. The van der Waals surface area contributed by atoms with Crippen LogP contribution >= 0.6 is 0 Å². The summed E-state index contributed by atoms with van der Waals surface area (Å²) in [5.74, 6) is 0. The van der Waals surface area contributed by atoms with Crippen molar-refractivity contribution in [2.24, 2.45) is 5.41 Å². The Morgan fingerprint density at radius 2 is 1.21 bits per heavy atom. The second kappa shape index (κ2) is 11.6. The van der Waals surface area contributed by atoms with E-state index in [1.165, 1.54) is 103 Å². The standard InChI is InChI=1S/C23H47N/c1-6-9-11-13-15-17-23(5,16-14-12-10-7-2)24-20-18-22(4,8-3)19-21-24/h6-21H2,1-5H3. The zero-order chi connectivity index (χ0) is 17.9. The molecule has 1 atom stereocenters. The van der Waals surface area contributed by atoms with Gasteiger partial charge >= 0.3 is 0 Å². The number of nitrogens with zero attached hydrogens (tertiary/aromatic N) is 1. The second-order valence-electron chi connectivity index (χ2n) is 9.12. The zero-order valence-corrected chi connectivity index (χ0v) is 17.8. The first-order valence-electron chi connectivity index (χ1n) is 11.2. The van der Waals surface area contributed by atoms with E-state index in [-0.39, 0.29) is 0 Å². The normalized spacial score (nSPS) is 20.9. The highest BCUT2D eigenvalue weighted by atomic mass is 15.2. The topological polar surface area (TPSA) is 3.24 Å². The Labute approximate surface area is 154 Å². The molecule has 24 heavy (non-hydrogen) atoms. The third-order valence-corrected chi connectivity index (χ3v) is 6.98. The third-order valence-electron chi connectivity index (χ3n) is 6.98. The van der Waals surface area contributed by atoms with Gasteiger partial charge in [-0.3, -0.25) is 4.90 Å². The summed E-state index contributed by atoms with van der Waals surface area (Å²) in [6, 6.07) is 0. The summed E-state index contributed by atoms with van der Waals surface area (Å²) in [6.45, 7) is 14.8. The molecule has 0 aromatic heterocycles. The largest absolute Gasteiger partial charge is 0.298 e. The maximum Gasteiger partial charge on any atom is 0.0181 e. The highest BCUT2D eigenvalue weighted by Crippen LogP contribution is 2.39. The predicted octanol–water partition coefficient (Wildman–Crippen LogP) is 7.59. The van der Waals surface area contributed by atoms with Gasteiger partial charge in [0.15, 0.2) is 0 Å². The Morgan fingerprint density at radius 3 is 1.67 bits per heavy atom. The average molecular weight is 338 g/mol. The molecule has 0 bridgehead atoms. The van der Waals surface area contributed by atoms with Gasteiger partial charge in [-0.25, -0.2) is 0 Å². The van der Waals surface area contributed by atoms with Crippen LogP contribution in [0, 0.1) is 5.41 Å². The van der Waals surface area contributed by atoms with E-state index in [9.17, 15) is 0 Å². The van der Waals surface area contributed by atoms with Crippen molar-refractivity contribution in [1.29, 1.82) is 0 Å². The lowest BCUT2D eigenvalue weighted by Gasteiger charge is -2.48. The maximum atomic E-state index is 2.89. The Kier molecular flexibility index (Phi) is 10.6. The van der Waals surface area contributed by atoms with Crippen LogP contribution in [0.5, 0.6) is 0 Å². The number of unbranched alkanes of at least 4 members (excludes halogenated alkanes) is 7. The lowest BCUT2D eigenvalue weighted by molar-refractivity contribution is 0.0174. The molecule has 1 aliphatic heterocycles. The van der Waals surface area contributed by atoms with Gasteiger partial charge in [0.05, 0.1) is 0 Å². The molecule has 1 heteroatoms. The number of rotatable bonds is 13. The van der Waals surface area contributed by atoms with E-state index in [2.05, 4.69) is 39.5 Å². The van der Waals surface area contributed by atoms with Crippen molar-refractivity contribution in [3.8, 4) is 0 Å². The van der Waals surface area contributed by atoms with Crippen molar-refractivity contribution in [3.05, 3.63) is 0 Å². The smallest absolute Gasteiger partial charge is 0.0181 e. The van der Waals surface area contributed by atoms with Crippen molar-refractivity contribution >= 4 is 0 Å². The minimum absolute atomic E-state index is 0.467. The van der Waals surface area contributed by atoms with Crippen LogP contribution in [0.3, 0.4) is 0 Å². The molecule has 0 aromatic carbocycles. The van der Waals surface area contributed by atoms with Crippen LogP contribution in [0.1, 0.15) is 125 Å². The van der Waals surface area contributed by atoms with Gasteiger partial charge < -0.3 is 0 Å². The van der Waals surface area contributed by atoms with Crippen molar-refractivity contribution in [3.63, 3.8) is 0 Å². The summed E-state index contributed by atoms with van der Waals surface area (Å²) in [5.41, 5.74) is 1.08. The van der Waals surface area contributed by atoms with Gasteiger partial charge in [-0.15, -0.1) is 0 Å². The fourth-order valence-electron chi connectivity index (χ4n) is 4.42. The van der Waals surface area contributed by atoms with Crippen LogP contribution in [-0.4, -0.2) is 23.5 Å². The van der Waals surface area contributed by atoms with Crippen molar-refractivity contribution in [1.82, 2.24) is 4.90 Å². The van der Waals surface area contributed by atoms with Gasteiger partial charge in [0.1, 0.15) is 0 Å². The van der Waals surface area contributed by atoms with Gasteiger partial charge in [-0.2, -0.15) is 0 Å². The Morgan fingerprint density at radius 1 is 0.750 bits per heavy atom. The van der Waals surface area contributed by atoms with Crippen LogP contribution in [0.4, 0.5) is 0 Å². The molecular formula is C23H47N. The maximum absolute atomic E-state index is 2.89. The summed E-state index contributed by atoms with van der Waals surface area (Å²) >= 11 is 0. The van der Waals surface area contributed by atoms with E-state index in [1.54, 1.807) is 0 Å². The minimum atomic E-state index is 0.467. The van der Waals surface area contributed by atoms with Gasteiger partial charge in [-0.05, 0) is 51.1 Å². The summed E-state index contributed by atoms with van der Waals surface area (Å²) in [5, 5.41) is 0. The van der Waals surface area contributed by atoms with E-state index in [0.29, 0.717) is 11.0 Å². The molecule has 1 fully saturated rings. The van der Waals surface area contributed by atoms with Gasteiger partial charge in [0.2, 0.25) is 0 Å². The highest BCUT2D eigenvalue weighted by Gasteiger charge is 2.36. The average Bonchev–Trinajstić information content (AvgIpc) is 2.59. The molecule has 0 saturated carbocycles.